The number of nitrogens with one attached hydrogen (secondary N) is 2. The summed E-state index contributed by atoms with van der Waals surface area (Å²) in [6, 6.07) is 5.41. The predicted octanol–water partition coefficient (Wildman–Crippen LogP) is 7.23. The van der Waals surface area contributed by atoms with Gasteiger partial charge in [-0.1, -0.05) is 37.4 Å². The van der Waals surface area contributed by atoms with Crippen LogP contribution in [0.4, 0.5) is 36.6 Å². The number of fused-ring (bicyclic) bond motifs is 2. The molecule has 60 heavy (non-hydrogen) atoms. The molecule has 5 aromatic rings. The average Bonchev–Trinajstić information content (AvgIpc) is 3.71. The lowest BCUT2D eigenvalue weighted by molar-refractivity contribution is -0.143. The van der Waals surface area contributed by atoms with Gasteiger partial charge in [0.2, 0.25) is 15.9 Å². The number of ether oxygens (including phenoxy) is 1. The summed E-state index contributed by atoms with van der Waals surface area (Å²) in [5.74, 6) is -4.59. The van der Waals surface area contributed by atoms with Crippen molar-refractivity contribution in [2.75, 3.05) is 18.1 Å². The molecule has 320 valence electrons. The van der Waals surface area contributed by atoms with Gasteiger partial charge in [0, 0.05) is 35.7 Å². The van der Waals surface area contributed by atoms with E-state index in [9.17, 15) is 40.3 Å². The van der Waals surface area contributed by atoms with E-state index in [0.29, 0.717) is 10.7 Å². The lowest BCUT2D eigenvalue weighted by Gasteiger charge is -2.24. The number of alkyl halides is 5. The molecular weight excluding hydrogens is 847 g/mol. The maximum atomic E-state index is 15.6. The van der Waals surface area contributed by atoms with E-state index < -0.39 is 93.1 Å². The Bertz CT molecular complexity index is 2700. The largest absolute Gasteiger partial charge is 0.494 e. The smallest absolute Gasteiger partial charge is 0.435 e. The van der Waals surface area contributed by atoms with Crippen molar-refractivity contribution in [1.82, 2.24) is 29.9 Å². The zero-order valence-corrected chi connectivity index (χ0v) is 34.4. The molecule has 1 amide bonds. The van der Waals surface area contributed by atoms with Crippen LogP contribution in [0, 0.1) is 29.4 Å². The molecule has 0 unspecified atom stereocenters. The number of hydrogen-bond acceptors (Lipinski definition) is 8. The zero-order chi connectivity index (χ0) is 44.4. The summed E-state index contributed by atoms with van der Waals surface area (Å²) >= 11 is 6.59. The first-order chi connectivity index (χ1) is 27.7. The molecule has 0 radical (unpaired) electrons. The number of aromatic nitrogens is 5. The number of halogens is 8. The summed E-state index contributed by atoms with van der Waals surface area (Å²) in [4.78, 5) is 18.8. The summed E-state index contributed by atoms with van der Waals surface area (Å²) in [5, 5.41) is 21.0. The Morgan fingerprint density at radius 3 is 2.32 bits per heavy atom. The monoisotopic (exact) mass is 883 g/mol. The van der Waals surface area contributed by atoms with Crippen molar-refractivity contribution in [1.29, 1.82) is 0 Å². The van der Waals surface area contributed by atoms with Gasteiger partial charge in [0.25, 0.3) is 5.92 Å². The van der Waals surface area contributed by atoms with Gasteiger partial charge in [0.1, 0.15) is 29.5 Å². The molecule has 21 heteroatoms. The van der Waals surface area contributed by atoms with Gasteiger partial charge in [0.15, 0.2) is 23.0 Å². The molecule has 2 aromatic carbocycles. The number of amides is 1. The number of benzene rings is 2. The Kier molecular flexibility index (Phi) is 11.5. The number of pyridine rings is 1. The Hall–Kier alpha value is -5.39. The second-order valence-electron chi connectivity index (χ2n) is 15.0. The molecule has 1 aliphatic rings. The molecular formula is C39H37ClF7N7O5S. The molecule has 0 bridgehead atoms. The Morgan fingerprint density at radius 2 is 1.73 bits per heavy atom. The minimum atomic E-state index is -5.14. The van der Waals surface area contributed by atoms with Crippen molar-refractivity contribution >= 4 is 44.3 Å². The molecule has 3 atom stereocenters. The Labute approximate surface area is 344 Å². The number of rotatable bonds is 10. The number of aryl methyl sites for hydroxylation is 1. The van der Waals surface area contributed by atoms with Crippen molar-refractivity contribution < 1.29 is 53.8 Å². The highest BCUT2D eigenvalue weighted by molar-refractivity contribution is 7.92. The van der Waals surface area contributed by atoms with Crippen LogP contribution in [0.2, 0.25) is 5.02 Å². The van der Waals surface area contributed by atoms with Crippen LogP contribution in [0.5, 0.6) is 5.75 Å². The third kappa shape index (κ3) is 8.74. The van der Waals surface area contributed by atoms with Crippen LogP contribution in [0.3, 0.4) is 0 Å². The van der Waals surface area contributed by atoms with Crippen molar-refractivity contribution in [3.8, 4) is 28.7 Å². The fraction of sp³-hybridized carbons (Fsp3) is 0.385. The van der Waals surface area contributed by atoms with Crippen LogP contribution in [-0.4, -0.2) is 62.9 Å². The van der Waals surface area contributed by atoms with Crippen LogP contribution in [0.25, 0.3) is 22.0 Å². The van der Waals surface area contributed by atoms with Gasteiger partial charge in [-0.3, -0.25) is 18.9 Å². The number of methoxy groups -OCH3 is 1. The highest BCUT2D eigenvalue weighted by Crippen LogP contribution is 2.55. The normalized spacial score (nSPS) is 16.9. The van der Waals surface area contributed by atoms with Gasteiger partial charge in [-0.05, 0) is 61.9 Å². The standard InChI is InChI=1S/C39H37ClF7N7O5S/c1-18-19(2)38(43,44)35-30(18)34(39(45,46)47)50-54(35)17-29(55)48-27(14-20-12-21(41)15-22(42)13-20)32-24(16-28(59-6)26(49-32)10-11-37(3,4)56)23-8-9-25(40)31-33(23)53(5)51-36(31)52-60(7,57)58/h8-9,12-13,15-16,18-19,27,56H,14,17H2,1-7H3,(H,48,55)(H,51,52)/t18-,19+,27-/m0/s1. The summed E-state index contributed by atoms with van der Waals surface area (Å²) in [6.07, 6.45) is -4.69. The molecule has 6 rings (SSSR count). The fourth-order valence-electron chi connectivity index (χ4n) is 7.21. The molecule has 0 aliphatic heterocycles. The number of carbonyl (C=O) groups excluding carboxylic acids is 1. The van der Waals surface area contributed by atoms with Crippen molar-refractivity contribution in [2.45, 2.75) is 70.3 Å². The summed E-state index contributed by atoms with van der Waals surface area (Å²) in [5.41, 5.74) is -4.61. The van der Waals surface area contributed by atoms with Gasteiger partial charge in [-0.2, -0.15) is 32.1 Å². The summed E-state index contributed by atoms with van der Waals surface area (Å²) < 4.78 is 137. The molecule has 3 N–H and O–H groups in total. The van der Waals surface area contributed by atoms with Crippen molar-refractivity contribution in [3.63, 3.8) is 0 Å². The molecule has 0 fully saturated rings. The quantitative estimate of drug-likeness (QED) is 0.0982. The first-order valence-electron chi connectivity index (χ1n) is 18.0. The highest BCUT2D eigenvalue weighted by Gasteiger charge is 2.57. The maximum absolute atomic E-state index is 15.6. The van der Waals surface area contributed by atoms with Crippen LogP contribution < -0.4 is 14.8 Å². The Balaban J connectivity index is 1.59. The van der Waals surface area contributed by atoms with E-state index >= 15 is 8.78 Å². The van der Waals surface area contributed by atoms with E-state index in [1.165, 1.54) is 57.8 Å². The minimum absolute atomic E-state index is 0.0179. The van der Waals surface area contributed by atoms with Crippen LogP contribution in [-0.2, 0) is 46.9 Å². The lowest BCUT2D eigenvalue weighted by Crippen LogP contribution is -2.35. The first kappa shape index (κ1) is 44.2. The molecule has 0 saturated heterocycles. The third-order valence-corrected chi connectivity index (χ3v) is 10.8. The van der Waals surface area contributed by atoms with E-state index in [1.807, 2.05) is 0 Å². The lowest BCUT2D eigenvalue weighted by atomic mass is 9.93. The number of nitrogens with zero attached hydrogens (tertiary/aromatic N) is 5. The van der Waals surface area contributed by atoms with E-state index in [4.69, 9.17) is 21.3 Å². The second-order valence-corrected chi connectivity index (χ2v) is 17.2. The maximum Gasteiger partial charge on any atom is 0.435 e. The molecule has 12 nitrogen and oxygen atoms in total. The van der Waals surface area contributed by atoms with E-state index in [2.05, 4.69) is 32.1 Å². The van der Waals surface area contributed by atoms with Crippen LogP contribution in [0.15, 0.2) is 36.4 Å². The van der Waals surface area contributed by atoms with Crippen LogP contribution >= 0.6 is 11.6 Å². The Morgan fingerprint density at radius 1 is 1.08 bits per heavy atom. The van der Waals surface area contributed by atoms with Gasteiger partial charge in [0.05, 0.1) is 41.0 Å². The van der Waals surface area contributed by atoms with E-state index in [1.54, 1.807) is 0 Å². The molecule has 1 aliphatic carbocycles. The SMILES string of the molecule is COc1cc(-c2ccc(Cl)c3c(NS(C)(=O)=O)nn(C)c23)c([C@H](Cc2cc(F)cc(F)c2)NC(=O)Cn2nc(C(F)(F)F)c3c2C(F)(F)[C@H](C)[C@@H]3C)nc1C#CC(C)(C)O. The number of carbonyl (C=O) groups is 1. The number of hydrogen-bond donors (Lipinski definition) is 3. The molecule has 3 heterocycles. The third-order valence-electron chi connectivity index (χ3n) is 9.90. The van der Waals surface area contributed by atoms with E-state index in [0.717, 1.165) is 25.3 Å². The number of aliphatic hydroxyl groups is 1. The number of anilines is 1. The zero-order valence-electron chi connectivity index (χ0n) is 32.9. The topological polar surface area (TPSA) is 153 Å². The summed E-state index contributed by atoms with van der Waals surface area (Å²) in [6.45, 7) is 3.94. The second kappa shape index (κ2) is 15.6. The van der Waals surface area contributed by atoms with Gasteiger partial charge in [-0.15, -0.1) is 0 Å². The van der Waals surface area contributed by atoms with Crippen molar-refractivity contribution in [2.24, 2.45) is 13.0 Å². The average molecular weight is 884 g/mol. The van der Waals surface area contributed by atoms with Crippen LogP contribution in [0.1, 0.15) is 73.6 Å². The molecule has 3 aromatic heterocycles. The van der Waals surface area contributed by atoms with Gasteiger partial charge >= 0.3 is 6.18 Å². The molecule has 0 spiro atoms. The highest BCUT2D eigenvalue weighted by atomic mass is 35.5. The number of sulfonamides is 1. The van der Waals surface area contributed by atoms with Gasteiger partial charge < -0.3 is 15.2 Å². The van der Waals surface area contributed by atoms with Crippen molar-refractivity contribution in [3.05, 3.63) is 87.0 Å². The van der Waals surface area contributed by atoms with Gasteiger partial charge in [-0.25, -0.2) is 22.2 Å². The van der Waals surface area contributed by atoms with E-state index in [-0.39, 0.29) is 55.6 Å². The first-order valence-corrected chi connectivity index (χ1v) is 20.3. The molecule has 0 saturated carbocycles. The summed E-state index contributed by atoms with van der Waals surface area (Å²) in [7, 11) is -1.12. The minimum Gasteiger partial charge on any atom is -0.494 e. The predicted molar refractivity (Wildman–Crippen MR) is 207 cm³/mol. The fourth-order valence-corrected chi connectivity index (χ4v) is 7.94.